The van der Waals surface area contributed by atoms with Gasteiger partial charge in [-0.2, -0.15) is 0 Å². The maximum absolute atomic E-state index is 13.1. The zero-order chi connectivity index (χ0) is 10.8. The quantitative estimate of drug-likeness (QED) is 0.641. The highest BCUT2D eigenvalue weighted by Crippen LogP contribution is 2.30. The van der Waals surface area contributed by atoms with Crippen molar-refractivity contribution >= 4 is 7.85 Å². The Bertz CT molecular complexity index is 316. The van der Waals surface area contributed by atoms with Gasteiger partial charge in [0, 0.05) is 0 Å². The second-order valence-corrected chi connectivity index (χ2v) is 3.82. The minimum absolute atomic E-state index is 0.206. The number of hydrogen-bond donors (Lipinski definition) is 0. The summed E-state index contributed by atoms with van der Waals surface area (Å²) in [7, 11) is 6.22. The van der Waals surface area contributed by atoms with Crippen molar-refractivity contribution in [3.8, 4) is 0 Å². The standard InChI is InChI=1S/C12H16BF/c1-4-12(13,5-2)11-8-10(14)7-6-9(11)3/h6-8H,4-5H2,1-3H3/q-1. The van der Waals surface area contributed by atoms with Crippen LogP contribution in [0.25, 0.3) is 0 Å². The Labute approximate surface area is 86.9 Å². The molecule has 0 spiro atoms. The lowest BCUT2D eigenvalue weighted by molar-refractivity contribution is 0.551. The summed E-state index contributed by atoms with van der Waals surface area (Å²) >= 11 is 0. The van der Waals surface area contributed by atoms with Gasteiger partial charge in [-0.25, -0.2) is 9.70 Å². The van der Waals surface area contributed by atoms with E-state index in [-0.39, 0.29) is 11.1 Å². The monoisotopic (exact) mass is 190 g/mol. The third-order valence-electron chi connectivity index (χ3n) is 3.00. The molecular weight excluding hydrogens is 174 g/mol. The highest BCUT2D eigenvalue weighted by atomic mass is 19.1. The SMILES string of the molecule is [B-]C(CC)(CC)c1cc(F)ccc1C. The molecule has 1 aromatic rings. The molecule has 0 saturated heterocycles. The van der Waals surface area contributed by atoms with Gasteiger partial charge in [-0.15, -0.1) is 0 Å². The van der Waals surface area contributed by atoms with E-state index in [0.717, 1.165) is 24.0 Å². The van der Waals surface area contributed by atoms with Crippen LogP contribution in [0.1, 0.15) is 37.8 Å². The molecule has 0 nitrogen and oxygen atoms in total. The Morgan fingerprint density at radius 3 is 2.36 bits per heavy atom. The average Bonchev–Trinajstić information content (AvgIpc) is 2.20. The lowest BCUT2D eigenvalue weighted by atomic mass is 9.60. The van der Waals surface area contributed by atoms with Crippen molar-refractivity contribution in [2.24, 2.45) is 0 Å². The van der Waals surface area contributed by atoms with E-state index in [1.807, 2.05) is 20.8 Å². The molecule has 0 aliphatic carbocycles. The third-order valence-corrected chi connectivity index (χ3v) is 3.00. The number of benzene rings is 1. The van der Waals surface area contributed by atoms with Crippen LogP contribution in [0, 0.1) is 12.7 Å². The van der Waals surface area contributed by atoms with Gasteiger partial charge in [0.15, 0.2) is 0 Å². The third kappa shape index (κ3) is 2.00. The summed E-state index contributed by atoms with van der Waals surface area (Å²) in [5, 5.41) is -0.383. The van der Waals surface area contributed by atoms with Gasteiger partial charge in [0.05, 0.1) is 0 Å². The lowest BCUT2D eigenvalue weighted by Gasteiger charge is -2.44. The molecular formula is C12H16BF-. The first kappa shape index (κ1) is 11.3. The minimum Gasteiger partial charge on any atom is -0.611 e. The van der Waals surface area contributed by atoms with Gasteiger partial charge >= 0.3 is 0 Å². The summed E-state index contributed by atoms with van der Waals surface area (Å²) in [5.74, 6) is -0.206. The van der Waals surface area contributed by atoms with Crippen molar-refractivity contribution in [1.29, 1.82) is 0 Å². The Morgan fingerprint density at radius 1 is 1.29 bits per heavy atom. The van der Waals surface area contributed by atoms with Crippen LogP contribution in [0.15, 0.2) is 18.2 Å². The van der Waals surface area contributed by atoms with E-state index >= 15 is 0 Å². The molecule has 1 rings (SSSR count). The predicted octanol–water partition coefficient (Wildman–Crippen LogP) is 3.32. The molecule has 0 saturated carbocycles. The number of halogens is 1. The van der Waals surface area contributed by atoms with Crippen LogP contribution in [-0.4, -0.2) is 7.85 Å². The highest BCUT2D eigenvalue weighted by molar-refractivity contribution is 6.16. The largest absolute Gasteiger partial charge is 0.611 e. The first-order valence-corrected chi connectivity index (χ1v) is 5.09. The van der Waals surface area contributed by atoms with E-state index in [2.05, 4.69) is 0 Å². The molecule has 0 fully saturated rings. The smallest absolute Gasteiger partial charge is 0.123 e. The normalized spacial score (nSPS) is 11.8. The molecule has 0 bridgehead atoms. The fourth-order valence-electron chi connectivity index (χ4n) is 1.76. The molecule has 0 heterocycles. The van der Waals surface area contributed by atoms with Crippen LogP contribution in [0.3, 0.4) is 0 Å². The molecule has 0 N–H and O–H groups in total. The van der Waals surface area contributed by atoms with Gasteiger partial charge < -0.3 is 7.85 Å². The summed E-state index contributed by atoms with van der Waals surface area (Å²) in [6.07, 6.45) is 1.65. The van der Waals surface area contributed by atoms with Gasteiger partial charge in [-0.3, -0.25) is 0 Å². The van der Waals surface area contributed by atoms with Crippen LogP contribution >= 0.6 is 0 Å². The van der Waals surface area contributed by atoms with Crippen molar-refractivity contribution in [1.82, 2.24) is 0 Å². The van der Waals surface area contributed by atoms with Gasteiger partial charge in [0.2, 0.25) is 0 Å². The number of aryl methyl sites for hydroxylation is 1. The molecule has 0 unspecified atom stereocenters. The van der Waals surface area contributed by atoms with E-state index in [0.29, 0.717) is 0 Å². The number of hydrogen-bond acceptors (Lipinski definition) is 0. The zero-order valence-electron chi connectivity index (χ0n) is 9.10. The average molecular weight is 190 g/mol. The summed E-state index contributed by atoms with van der Waals surface area (Å²) in [6, 6.07) is 4.82. The molecule has 2 heteroatoms. The molecule has 3 radical (unpaired) electrons. The van der Waals surface area contributed by atoms with E-state index in [1.54, 1.807) is 12.1 Å². The minimum atomic E-state index is -0.383. The molecule has 1 aromatic carbocycles. The molecule has 0 atom stereocenters. The van der Waals surface area contributed by atoms with Crippen molar-refractivity contribution in [2.75, 3.05) is 0 Å². The first-order chi connectivity index (χ1) is 6.53. The van der Waals surface area contributed by atoms with E-state index in [9.17, 15) is 4.39 Å². The highest BCUT2D eigenvalue weighted by Gasteiger charge is 2.12. The topological polar surface area (TPSA) is 0 Å². The molecule has 0 aliphatic rings. The Balaban J connectivity index is 3.22. The summed E-state index contributed by atoms with van der Waals surface area (Å²) < 4.78 is 13.1. The van der Waals surface area contributed by atoms with Crippen LogP contribution in [0.5, 0.6) is 0 Å². The van der Waals surface area contributed by atoms with Gasteiger partial charge in [-0.1, -0.05) is 43.9 Å². The number of rotatable bonds is 3. The molecule has 0 aliphatic heterocycles. The molecule has 0 amide bonds. The van der Waals surface area contributed by atoms with Gasteiger partial charge in [0.25, 0.3) is 0 Å². The Kier molecular flexibility index (Phi) is 3.36. The Morgan fingerprint density at radius 2 is 1.86 bits per heavy atom. The second kappa shape index (κ2) is 4.16. The molecule has 0 aromatic heterocycles. The van der Waals surface area contributed by atoms with Gasteiger partial charge in [-0.05, 0) is 19.1 Å². The van der Waals surface area contributed by atoms with Crippen LogP contribution in [0.2, 0.25) is 0 Å². The van der Waals surface area contributed by atoms with Crippen molar-refractivity contribution < 1.29 is 4.39 Å². The predicted molar refractivity (Wildman–Crippen MR) is 59.2 cm³/mol. The Hall–Kier alpha value is -0.785. The summed E-state index contributed by atoms with van der Waals surface area (Å²) in [4.78, 5) is 0. The van der Waals surface area contributed by atoms with Crippen molar-refractivity contribution in [3.05, 3.63) is 35.1 Å². The van der Waals surface area contributed by atoms with E-state index < -0.39 is 0 Å². The van der Waals surface area contributed by atoms with Crippen LogP contribution in [0.4, 0.5) is 4.39 Å². The maximum Gasteiger partial charge on any atom is 0.123 e. The fourth-order valence-corrected chi connectivity index (χ4v) is 1.76. The van der Waals surface area contributed by atoms with Crippen LogP contribution < -0.4 is 0 Å². The fraction of sp³-hybridized carbons (Fsp3) is 0.500. The summed E-state index contributed by atoms with van der Waals surface area (Å²) in [5.41, 5.74) is 2.00. The van der Waals surface area contributed by atoms with Gasteiger partial charge in [0.1, 0.15) is 5.82 Å². The van der Waals surface area contributed by atoms with Crippen molar-refractivity contribution in [2.45, 2.75) is 38.9 Å². The maximum atomic E-state index is 13.1. The lowest BCUT2D eigenvalue weighted by Crippen LogP contribution is -2.25. The second-order valence-electron chi connectivity index (χ2n) is 3.82. The summed E-state index contributed by atoms with van der Waals surface area (Å²) in [6.45, 7) is 6.05. The van der Waals surface area contributed by atoms with E-state index in [1.165, 1.54) is 6.07 Å². The molecule has 75 valence electrons. The zero-order valence-corrected chi connectivity index (χ0v) is 9.10. The molecule has 14 heavy (non-hydrogen) atoms. The van der Waals surface area contributed by atoms with Crippen LogP contribution in [-0.2, 0) is 5.31 Å². The van der Waals surface area contributed by atoms with E-state index in [4.69, 9.17) is 7.85 Å². The van der Waals surface area contributed by atoms with Crippen molar-refractivity contribution in [3.63, 3.8) is 0 Å². The first-order valence-electron chi connectivity index (χ1n) is 5.09.